The topological polar surface area (TPSA) is 126 Å². The van der Waals surface area contributed by atoms with Crippen molar-refractivity contribution in [3.63, 3.8) is 0 Å². The maximum Gasteiger partial charge on any atom is 0.333 e. The van der Waals surface area contributed by atoms with E-state index in [0.717, 1.165) is 22.9 Å². The fourth-order valence-corrected chi connectivity index (χ4v) is 4.10. The first-order chi connectivity index (χ1) is 16.0. The molecule has 34 heavy (non-hydrogen) atoms. The van der Waals surface area contributed by atoms with E-state index in [1.165, 1.54) is 13.3 Å². The summed E-state index contributed by atoms with van der Waals surface area (Å²) in [4.78, 5) is 26.6. The molecule has 11 heteroatoms. The molecular weight excluding hydrogens is 456 g/mol. The van der Waals surface area contributed by atoms with Crippen molar-refractivity contribution in [2.45, 2.75) is 31.7 Å². The summed E-state index contributed by atoms with van der Waals surface area (Å²) in [7, 11) is 0.801. The molecule has 3 aromatic rings. The third kappa shape index (κ3) is 5.60. The van der Waals surface area contributed by atoms with Crippen molar-refractivity contribution in [1.29, 1.82) is 0 Å². The zero-order chi connectivity index (χ0) is 25.0. The Labute approximate surface area is 199 Å². The van der Waals surface area contributed by atoms with Gasteiger partial charge in [0.2, 0.25) is 5.88 Å². The first-order valence-corrected chi connectivity index (χ1v) is 12.0. The average molecular weight is 485 g/mol. The summed E-state index contributed by atoms with van der Waals surface area (Å²) in [5.41, 5.74) is 3.82. The van der Waals surface area contributed by atoms with Gasteiger partial charge in [0.15, 0.2) is 5.03 Å². The molecule has 0 aliphatic heterocycles. The molecule has 0 spiro atoms. The Kier molecular flexibility index (Phi) is 7.35. The number of sulfonamides is 1. The monoisotopic (exact) mass is 484 g/mol. The summed E-state index contributed by atoms with van der Waals surface area (Å²) in [6.07, 6.45) is 4.03. The van der Waals surface area contributed by atoms with Crippen LogP contribution in [0.4, 0.5) is 16.3 Å². The van der Waals surface area contributed by atoms with Crippen molar-refractivity contribution < 1.29 is 17.9 Å². The van der Waals surface area contributed by atoms with Crippen LogP contribution in [-0.4, -0.2) is 50.6 Å². The van der Waals surface area contributed by atoms with Crippen molar-refractivity contribution in [1.82, 2.24) is 19.7 Å². The van der Waals surface area contributed by atoms with E-state index in [2.05, 4.69) is 20.3 Å². The van der Waals surface area contributed by atoms with Gasteiger partial charge in [-0.05, 0) is 36.1 Å². The molecule has 0 saturated heterocycles. The molecule has 0 radical (unpaired) electrons. The third-order valence-electron chi connectivity index (χ3n) is 5.00. The standard InChI is InChI=1S/C23H28N6O4S/c1-14(2)17-9-15(3)10-18(16-7-8-24-20(11-16)33-6)22(17)27-23(30)28-34(31,32)21-13-25-19(12-26-21)29(4)5/h7-14H,1-6H3,(H2,27,28,30). The largest absolute Gasteiger partial charge is 0.481 e. The van der Waals surface area contributed by atoms with Crippen LogP contribution in [0.1, 0.15) is 30.9 Å². The highest BCUT2D eigenvalue weighted by atomic mass is 32.2. The van der Waals surface area contributed by atoms with Crippen LogP contribution in [0.5, 0.6) is 5.88 Å². The number of nitrogens with one attached hydrogen (secondary N) is 2. The van der Waals surface area contributed by atoms with E-state index in [1.54, 1.807) is 37.3 Å². The molecular formula is C23H28N6O4S. The zero-order valence-electron chi connectivity index (χ0n) is 19.9. The van der Waals surface area contributed by atoms with E-state index in [-0.39, 0.29) is 10.9 Å². The van der Waals surface area contributed by atoms with E-state index in [1.807, 2.05) is 37.6 Å². The highest BCUT2D eigenvalue weighted by Crippen LogP contribution is 2.37. The number of ether oxygens (including phenoxy) is 1. The van der Waals surface area contributed by atoms with Crippen molar-refractivity contribution in [2.24, 2.45) is 0 Å². The maximum atomic E-state index is 12.8. The van der Waals surface area contributed by atoms with Crippen LogP contribution in [-0.2, 0) is 10.0 Å². The van der Waals surface area contributed by atoms with Crippen LogP contribution in [0, 0.1) is 6.92 Å². The maximum absolute atomic E-state index is 12.8. The predicted molar refractivity (Wildman–Crippen MR) is 131 cm³/mol. The number of nitrogens with zero attached hydrogens (tertiary/aromatic N) is 4. The molecule has 10 nitrogen and oxygen atoms in total. The zero-order valence-corrected chi connectivity index (χ0v) is 20.8. The Hall–Kier alpha value is -3.73. The van der Waals surface area contributed by atoms with E-state index in [9.17, 15) is 13.2 Å². The first-order valence-electron chi connectivity index (χ1n) is 10.5. The minimum atomic E-state index is -4.24. The number of aromatic nitrogens is 3. The van der Waals surface area contributed by atoms with Gasteiger partial charge in [0.25, 0.3) is 10.0 Å². The van der Waals surface area contributed by atoms with E-state index in [4.69, 9.17) is 4.74 Å². The lowest BCUT2D eigenvalue weighted by molar-refractivity contribution is 0.256. The summed E-state index contributed by atoms with van der Waals surface area (Å²) in [5.74, 6) is 0.962. The highest BCUT2D eigenvalue weighted by molar-refractivity contribution is 7.90. The van der Waals surface area contributed by atoms with E-state index >= 15 is 0 Å². The molecule has 180 valence electrons. The molecule has 3 rings (SSSR count). The second-order valence-electron chi connectivity index (χ2n) is 8.19. The average Bonchev–Trinajstić information content (AvgIpc) is 2.79. The number of rotatable bonds is 7. The second-order valence-corrected chi connectivity index (χ2v) is 9.81. The Morgan fingerprint density at radius 2 is 1.82 bits per heavy atom. The van der Waals surface area contributed by atoms with Gasteiger partial charge in [0, 0.05) is 31.9 Å². The number of anilines is 2. The molecule has 1 aromatic carbocycles. The van der Waals surface area contributed by atoms with Crippen molar-refractivity contribution in [3.05, 3.63) is 54.0 Å². The number of amides is 2. The molecule has 0 saturated carbocycles. The number of methoxy groups -OCH3 is 1. The lowest BCUT2D eigenvalue weighted by Crippen LogP contribution is -2.35. The highest BCUT2D eigenvalue weighted by Gasteiger charge is 2.23. The summed E-state index contributed by atoms with van der Waals surface area (Å²) in [6.45, 7) is 5.94. The van der Waals surface area contributed by atoms with Gasteiger partial charge >= 0.3 is 6.03 Å². The fourth-order valence-electron chi connectivity index (χ4n) is 3.32. The number of urea groups is 1. The van der Waals surface area contributed by atoms with Gasteiger partial charge in [0.1, 0.15) is 5.82 Å². The Balaban J connectivity index is 1.96. The van der Waals surface area contributed by atoms with Gasteiger partial charge in [0.05, 0.1) is 25.2 Å². The molecule has 0 unspecified atom stereocenters. The summed E-state index contributed by atoms with van der Waals surface area (Å²) < 4.78 is 32.7. The molecule has 0 atom stereocenters. The number of pyridine rings is 1. The number of benzene rings is 1. The van der Waals surface area contributed by atoms with Gasteiger partial charge in [-0.3, -0.25) is 0 Å². The van der Waals surface area contributed by atoms with Crippen molar-refractivity contribution >= 4 is 27.6 Å². The molecule has 2 amide bonds. The molecule has 2 aromatic heterocycles. The predicted octanol–water partition coefficient (Wildman–Crippen LogP) is 3.56. The van der Waals surface area contributed by atoms with Crippen molar-refractivity contribution in [2.75, 3.05) is 31.4 Å². The lowest BCUT2D eigenvalue weighted by atomic mass is 9.92. The molecule has 2 heterocycles. The molecule has 0 fully saturated rings. The lowest BCUT2D eigenvalue weighted by Gasteiger charge is -2.20. The Morgan fingerprint density at radius 1 is 1.09 bits per heavy atom. The van der Waals surface area contributed by atoms with Crippen LogP contribution >= 0.6 is 0 Å². The summed E-state index contributed by atoms with van der Waals surface area (Å²) >= 11 is 0. The van der Waals surface area contributed by atoms with Crippen LogP contribution in [0.3, 0.4) is 0 Å². The quantitative estimate of drug-likeness (QED) is 0.521. The van der Waals surface area contributed by atoms with Gasteiger partial charge in [-0.15, -0.1) is 0 Å². The molecule has 0 aliphatic rings. The van der Waals surface area contributed by atoms with Crippen LogP contribution in [0.15, 0.2) is 47.9 Å². The number of carbonyl (C=O) groups excluding carboxylic acids is 1. The van der Waals surface area contributed by atoms with Gasteiger partial charge in [-0.2, -0.15) is 8.42 Å². The Morgan fingerprint density at radius 3 is 2.41 bits per heavy atom. The minimum absolute atomic E-state index is 0.0544. The van der Waals surface area contributed by atoms with Crippen molar-refractivity contribution in [3.8, 4) is 17.0 Å². The van der Waals surface area contributed by atoms with Gasteiger partial charge in [-0.1, -0.05) is 25.5 Å². The van der Waals surface area contributed by atoms with Crippen LogP contribution < -0.4 is 19.7 Å². The molecule has 0 bridgehead atoms. The minimum Gasteiger partial charge on any atom is -0.481 e. The number of hydrogen-bond acceptors (Lipinski definition) is 8. The van der Waals surface area contributed by atoms with Crippen LogP contribution in [0.2, 0.25) is 0 Å². The second kappa shape index (κ2) is 10.0. The fraction of sp³-hybridized carbons (Fsp3) is 0.304. The number of carbonyl (C=O) groups is 1. The van der Waals surface area contributed by atoms with E-state index in [0.29, 0.717) is 22.9 Å². The number of hydrogen-bond donors (Lipinski definition) is 2. The van der Waals surface area contributed by atoms with E-state index < -0.39 is 16.1 Å². The van der Waals surface area contributed by atoms with Crippen LogP contribution in [0.25, 0.3) is 11.1 Å². The smallest absolute Gasteiger partial charge is 0.333 e. The summed E-state index contributed by atoms with van der Waals surface area (Å²) in [5, 5.41) is 2.37. The van der Waals surface area contributed by atoms with Gasteiger partial charge in [-0.25, -0.2) is 24.5 Å². The summed E-state index contributed by atoms with van der Waals surface area (Å²) in [6, 6.07) is 6.51. The number of aryl methyl sites for hydroxylation is 1. The molecule has 2 N–H and O–H groups in total. The van der Waals surface area contributed by atoms with Gasteiger partial charge < -0.3 is 15.0 Å². The first kappa shape index (κ1) is 24.9. The normalized spacial score (nSPS) is 11.3. The third-order valence-corrected chi connectivity index (χ3v) is 6.22. The Bertz CT molecular complexity index is 1290. The molecule has 0 aliphatic carbocycles. The SMILES string of the molecule is COc1cc(-c2cc(C)cc(C(C)C)c2NC(=O)NS(=O)(=O)c2cnc(N(C)C)cn2)ccn1.